The molecule has 2 rings (SSSR count). The first-order chi connectivity index (χ1) is 9.02. The Morgan fingerprint density at radius 3 is 2.89 bits per heavy atom. The number of hydrogen-bond acceptors (Lipinski definition) is 2. The minimum atomic E-state index is -0.786. The van der Waals surface area contributed by atoms with Crippen LogP contribution in [0.15, 0.2) is 18.2 Å². The van der Waals surface area contributed by atoms with Gasteiger partial charge < -0.3 is 4.57 Å². The first-order valence-corrected chi connectivity index (χ1v) is 9.29. The van der Waals surface area contributed by atoms with Crippen LogP contribution in [-0.4, -0.2) is 25.3 Å². The first kappa shape index (κ1) is 15.3. The van der Waals surface area contributed by atoms with Crippen LogP contribution in [0, 0.1) is 3.57 Å². The molecule has 0 bridgehead atoms. The summed E-state index contributed by atoms with van der Waals surface area (Å²) < 4.78 is 14.7. The summed E-state index contributed by atoms with van der Waals surface area (Å²) in [7, 11) is -0.786. The largest absolute Gasteiger partial charge is 0.327 e. The minimum absolute atomic E-state index is 0.185. The molecule has 19 heavy (non-hydrogen) atoms. The van der Waals surface area contributed by atoms with Crippen LogP contribution in [0.25, 0.3) is 11.0 Å². The molecular formula is C13H16ClIN2OS. The van der Waals surface area contributed by atoms with Crippen LogP contribution in [-0.2, 0) is 23.2 Å². The van der Waals surface area contributed by atoms with Gasteiger partial charge in [0, 0.05) is 32.4 Å². The van der Waals surface area contributed by atoms with Crippen molar-refractivity contribution in [1.29, 1.82) is 0 Å². The van der Waals surface area contributed by atoms with Crippen molar-refractivity contribution in [2.75, 3.05) is 6.26 Å². The molecule has 1 heterocycles. The van der Waals surface area contributed by atoms with Gasteiger partial charge in [0.25, 0.3) is 0 Å². The normalized spacial score (nSPS) is 14.7. The highest BCUT2D eigenvalue weighted by molar-refractivity contribution is 14.1. The maximum atomic E-state index is 11.4. The number of halogens is 2. The number of rotatable bonds is 5. The van der Waals surface area contributed by atoms with Gasteiger partial charge in [0.1, 0.15) is 5.82 Å². The van der Waals surface area contributed by atoms with E-state index in [0.29, 0.717) is 5.88 Å². The van der Waals surface area contributed by atoms with Crippen molar-refractivity contribution in [1.82, 2.24) is 9.55 Å². The van der Waals surface area contributed by atoms with E-state index in [-0.39, 0.29) is 5.25 Å². The molecule has 0 fully saturated rings. The molecule has 0 saturated heterocycles. The van der Waals surface area contributed by atoms with E-state index >= 15 is 0 Å². The van der Waals surface area contributed by atoms with Crippen LogP contribution in [0.2, 0.25) is 0 Å². The number of fused-ring (bicyclic) bond motifs is 1. The van der Waals surface area contributed by atoms with Crippen molar-refractivity contribution < 1.29 is 4.21 Å². The van der Waals surface area contributed by atoms with Gasteiger partial charge in [-0.1, -0.05) is 6.92 Å². The van der Waals surface area contributed by atoms with Crippen LogP contribution in [0.3, 0.4) is 0 Å². The van der Waals surface area contributed by atoms with Gasteiger partial charge in [-0.25, -0.2) is 4.98 Å². The number of hydrogen-bond donors (Lipinski definition) is 0. The highest BCUT2D eigenvalue weighted by Crippen LogP contribution is 2.21. The molecule has 3 nitrogen and oxygen atoms in total. The predicted molar refractivity (Wildman–Crippen MR) is 90.2 cm³/mol. The molecule has 0 saturated carbocycles. The molecule has 1 aromatic carbocycles. The molecular weight excluding hydrogens is 395 g/mol. The van der Waals surface area contributed by atoms with Crippen molar-refractivity contribution in [2.24, 2.45) is 0 Å². The summed E-state index contributed by atoms with van der Waals surface area (Å²) in [5.41, 5.74) is 2.08. The zero-order chi connectivity index (χ0) is 14.0. The second-order valence-electron chi connectivity index (χ2n) is 4.54. The summed E-state index contributed by atoms with van der Waals surface area (Å²) in [4.78, 5) is 4.57. The molecule has 0 radical (unpaired) electrons. The highest BCUT2D eigenvalue weighted by atomic mass is 127. The number of aryl methyl sites for hydroxylation is 1. The predicted octanol–water partition coefficient (Wildman–Crippen LogP) is 3.54. The molecule has 0 amide bonds. The molecule has 0 aliphatic carbocycles. The summed E-state index contributed by atoms with van der Waals surface area (Å²) in [5.74, 6) is 1.28. The summed E-state index contributed by atoms with van der Waals surface area (Å²) in [6.45, 7) is 2.82. The fraction of sp³-hybridized carbons (Fsp3) is 0.462. The Bertz CT molecular complexity index is 614. The third-order valence-electron chi connectivity index (χ3n) is 3.23. The first-order valence-electron chi connectivity index (χ1n) is 6.05. The Balaban J connectivity index is 2.32. The van der Waals surface area contributed by atoms with E-state index in [4.69, 9.17) is 11.6 Å². The topological polar surface area (TPSA) is 34.9 Å². The highest BCUT2D eigenvalue weighted by Gasteiger charge is 2.12. The summed E-state index contributed by atoms with van der Waals surface area (Å²) in [6, 6.07) is 6.21. The Kier molecular flexibility index (Phi) is 5.25. The van der Waals surface area contributed by atoms with Crippen molar-refractivity contribution in [3.05, 3.63) is 27.6 Å². The SMILES string of the molecule is CC(CCn1c(CCl)nc2cc(I)ccc21)S(C)=O. The van der Waals surface area contributed by atoms with Gasteiger partial charge in [-0.2, -0.15) is 0 Å². The molecule has 2 aromatic rings. The van der Waals surface area contributed by atoms with Crippen LogP contribution in [0.5, 0.6) is 0 Å². The second-order valence-corrected chi connectivity index (χ2v) is 7.86. The zero-order valence-electron chi connectivity index (χ0n) is 10.9. The van der Waals surface area contributed by atoms with E-state index in [1.165, 1.54) is 3.57 Å². The van der Waals surface area contributed by atoms with Crippen molar-refractivity contribution >= 4 is 56.0 Å². The Labute approximate surface area is 134 Å². The molecule has 0 spiro atoms. The minimum Gasteiger partial charge on any atom is -0.327 e. The van der Waals surface area contributed by atoms with Crippen LogP contribution in [0.1, 0.15) is 19.2 Å². The molecule has 0 aliphatic rings. The lowest BCUT2D eigenvalue weighted by molar-refractivity contribution is 0.617. The second kappa shape index (κ2) is 6.54. The zero-order valence-corrected chi connectivity index (χ0v) is 14.6. The standard InChI is InChI=1S/C13H16ClIN2OS/c1-9(19(2)18)5-6-17-12-4-3-10(15)7-11(12)16-13(17)8-14/h3-4,7,9H,5-6,8H2,1-2H3. The van der Waals surface area contributed by atoms with E-state index < -0.39 is 10.8 Å². The maximum absolute atomic E-state index is 11.4. The van der Waals surface area contributed by atoms with Crippen molar-refractivity contribution in [2.45, 2.75) is 31.0 Å². The van der Waals surface area contributed by atoms with E-state index in [1.54, 1.807) is 6.26 Å². The van der Waals surface area contributed by atoms with E-state index in [9.17, 15) is 4.21 Å². The Morgan fingerprint density at radius 2 is 2.26 bits per heavy atom. The van der Waals surface area contributed by atoms with Gasteiger partial charge in [0.05, 0.1) is 16.9 Å². The lowest BCUT2D eigenvalue weighted by atomic mass is 10.3. The lowest BCUT2D eigenvalue weighted by Gasteiger charge is -2.11. The third-order valence-corrected chi connectivity index (χ3v) is 5.51. The number of imidazole rings is 1. The maximum Gasteiger partial charge on any atom is 0.124 e. The summed E-state index contributed by atoms with van der Waals surface area (Å²) >= 11 is 8.26. The van der Waals surface area contributed by atoms with Gasteiger partial charge in [-0.15, -0.1) is 11.6 Å². The van der Waals surface area contributed by atoms with Crippen molar-refractivity contribution in [3.8, 4) is 0 Å². The number of nitrogens with zero attached hydrogens (tertiary/aromatic N) is 2. The van der Waals surface area contributed by atoms with E-state index in [1.807, 2.05) is 6.92 Å². The molecule has 0 N–H and O–H groups in total. The van der Waals surface area contributed by atoms with Gasteiger partial charge in [0.2, 0.25) is 0 Å². The Hall–Kier alpha value is -0.140. The number of benzene rings is 1. The fourth-order valence-corrected chi connectivity index (χ4v) is 3.10. The average Bonchev–Trinajstić information content (AvgIpc) is 2.72. The Morgan fingerprint density at radius 1 is 1.53 bits per heavy atom. The van der Waals surface area contributed by atoms with Crippen molar-refractivity contribution in [3.63, 3.8) is 0 Å². The van der Waals surface area contributed by atoms with E-state index in [0.717, 1.165) is 29.8 Å². The molecule has 104 valence electrons. The van der Waals surface area contributed by atoms with Gasteiger partial charge in [-0.3, -0.25) is 4.21 Å². The lowest BCUT2D eigenvalue weighted by Crippen LogP contribution is -2.13. The quantitative estimate of drug-likeness (QED) is 0.558. The molecule has 2 unspecified atom stereocenters. The van der Waals surface area contributed by atoms with Crippen LogP contribution in [0.4, 0.5) is 0 Å². The summed E-state index contributed by atoms with van der Waals surface area (Å²) in [6.07, 6.45) is 2.62. The molecule has 6 heteroatoms. The molecule has 2 atom stereocenters. The van der Waals surface area contributed by atoms with Crippen LogP contribution < -0.4 is 0 Å². The third kappa shape index (κ3) is 3.49. The smallest absolute Gasteiger partial charge is 0.124 e. The molecule has 1 aromatic heterocycles. The molecule has 0 aliphatic heterocycles. The van der Waals surface area contributed by atoms with Gasteiger partial charge >= 0.3 is 0 Å². The van der Waals surface area contributed by atoms with Gasteiger partial charge in [0.15, 0.2) is 0 Å². The number of aromatic nitrogens is 2. The summed E-state index contributed by atoms with van der Waals surface area (Å²) in [5, 5.41) is 0.185. The average molecular weight is 411 g/mol. The van der Waals surface area contributed by atoms with Crippen LogP contribution >= 0.6 is 34.2 Å². The fourth-order valence-electron chi connectivity index (χ4n) is 1.98. The monoisotopic (exact) mass is 410 g/mol. The van der Waals surface area contributed by atoms with E-state index in [2.05, 4.69) is 50.3 Å². The van der Waals surface area contributed by atoms with Gasteiger partial charge in [-0.05, 0) is 47.2 Å². The number of alkyl halides is 1.